The van der Waals surface area contributed by atoms with Crippen LogP contribution in [0.4, 0.5) is 0 Å². The van der Waals surface area contributed by atoms with Gasteiger partial charge in [0.25, 0.3) is 5.91 Å². The third kappa shape index (κ3) is 6.43. The summed E-state index contributed by atoms with van der Waals surface area (Å²) in [6.45, 7) is 7.04. The second-order valence-electron chi connectivity index (χ2n) is 7.72. The van der Waals surface area contributed by atoms with E-state index in [0.717, 1.165) is 12.1 Å². The summed E-state index contributed by atoms with van der Waals surface area (Å²) in [6.07, 6.45) is 3.29. The third-order valence-corrected chi connectivity index (χ3v) is 5.27. The molecule has 1 aliphatic heterocycles. The predicted octanol–water partition coefficient (Wildman–Crippen LogP) is 3.96. The fourth-order valence-corrected chi connectivity index (χ4v) is 3.52. The first-order chi connectivity index (χ1) is 14.0. The molecule has 0 bridgehead atoms. The maximum atomic E-state index is 12.4. The summed E-state index contributed by atoms with van der Waals surface area (Å²) in [5, 5.41) is 2.92. The minimum Gasteiger partial charge on any atom is -0.481 e. The molecule has 0 saturated carbocycles. The van der Waals surface area contributed by atoms with E-state index in [-0.39, 0.29) is 11.7 Å². The smallest absolute Gasteiger partial charge is 0.261 e. The number of likely N-dealkylation sites (tertiary alicyclic amines) is 1. The van der Waals surface area contributed by atoms with Crippen molar-refractivity contribution in [3.05, 3.63) is 65.2 Å². The average molecular weight is 395 g/mol. The molecule has 1 fully saturated rings. The van der Waals surface area contributed by atoms with Gasteiger partial charge in [-0.25, -0.2) is 0 Å². The molecular formula is C24H30N2O3. The van der Waals surface area contributed by atoms with Gasteiger partial charge in [-0.1, -0.05) is 42.8 Å². The second-order valence-corrected chi connectivity index (χ2v) is 7.72. The first-order valence-electron chi connectivity index (χ1n) is 10.4. The van der Waals surface area contributed by atoms with Crippen LogP contribution in [0.25, 0.3) is 0 Å². The number of nitrogens with zero attached hydrogens (tertiary/aromatic N) is 1. The lowest BCUT2D eigenvalue weighted by Gasteiger charge is -2.26. The predicted molar refractivity (Wildman–Crippen MR) is 114 cm³/mol. The number of ketones is 1. The molecule has 5 heteroatoms. The monoisotopic (exact) mass is 394 g/mol. The van der Waals surface area contributed by atoms with Crippen LogP contribution in [0.1, 0.15) is 54.6 Å². The molecule has 0 radical (unpaired) electrons. The first-order valence-corrected chi connectivity index (χ1v) is 10.4. The van der Waals surface area contributed by atoms with Gasteiger partial charge in [-0.05, 0) is 63.0 Å². The average Bonchev–Trinajstić information content (AvgIpc) is 2.74. The molecule has 154 valence electrons. The number of nitrogens with one attached hydrogen (secondary N) is 1. The Morgan fingerprint density at radius 2 is 1.72 bits per heavy atom. The Balaban J connectivity index is 1.46. The maximum Gasteiger partial charge on any atom is 0.261 e. The van der Waals surface area contributed by atoms with Crippen LogP contribution in [0.5, 0.6) is 5.75 Å². The zero-order valence-corrected chi connectivity index (χ0v) is 17.3. The number of ether oxygens (including phenoxy) is 1. The lowest BCUT2D eigenvalue weighted by molar-refractivity contribution is -0.127. The van der Waals surface area contributed by atoms with Gasteiger partial charge in [-0.3, -0.25) is 14.5 Å². The molecule has 1 saturated heterocycles. The number of benzene rings is 2. The van der Waals surface area contributed by atoms with Crippen molar-refractivity contribution in [3.63, 3.8) is 0 Å². The molecule has 0 aliphatic carbocycles. The highest BCUT2D eigenvalue weighted by molar-refractivity contribution is 5.94. The van der Waals surface area contributed by atoms with Crippen molar-refractivity contribution in [1.82, 2.24) is 10.2 Å². The molecule has 2 aromatic carbocycles. The van der Waals surface area contributed by atoms with Crippen LogP contribution in [0.15, 0.2) is 48.5 Å². The number of piperidine rings is 1. The minimum atomic E-state index is -0.643. The zero-order chi connectivity index (χ0) is 20.6. The molecule has 1 unspecified atom stereocenters. The Bertz CT molecular complexity index is 826. The Kier molecular flexibility index (Phi) is 7.42. The van der Waals surface area contributed by atoms with Gasteiger partial charge in [0.2, 0.25) is 0 Å². The molecule has 5 nitrogen and oxygen atoms in total. The van der Waals surface area contributed by atoms with E-state index in [2.05, 4.69) is 34.5 Å². The highest BCUT2D eigenvalue weighted by Crippen LogP contribution is 2.16. The van der Waals surface area contributed by atoms with Gasteiger partial charge in [0.05, 0.1) is 0 Å². The van der Waals surface area contributed by atoms with Crippen molar-refractivity contribution in [1.29, 1.82) is 0 Å². The van der Waals surface area contributed by atoms with E-state index in [9.17, 15) is 9.59 Å². The summed E-state index contributed by atoms with van der Waals surface area (Å²) in [7, 11) is 0. The van der Waals surface area contributed by atoms with Crippen molar-refractivity contribution >= 4 is 11.7 Å². The summed E-state index contributed by atoms with van der Waals surface area (Å²) in [5.74, 6) is 0.300. The topological polar surface area (TPSA) is 58.6 Å². The van der Waals surface area contributed by atoms with Crippen LogP contribution in [0, 0.1) is 0 Å². The van der Waals surface area contributed by atoms with E-state index in [1.165, 1.54) is 44.8 Å². The van der Waals surface area contributed by atoms with Crippen LogP contribution >= 0.6 is 0 Å². The molecule has 0 spiro atoms. The van der Waals surface area contributed by atoms with Crippen molar-refractivity contribution in [2.45, 2.75) is 52.3 Å². The van der Waals surface area contributed by atoms with E-state index in [4.69, 9.17) is 4.74 Å². The molecule has 1 atom stereocenters. The Labute approximate surface area is 173 Å². The summed E-state index contributed by atoms with van der Waals surface area (Å²) < 4.78 is 5.69. The Hall–Kier alpha value is -2.66. The summed E-state index contributed by atoms with van der Waals surface area (Å²) in [6, 6.07) is 15.3. The van der Waals surface area contributed by atoms with E-state index >= 15 is 0 Å². The highest BCUT2D eigenvalue weighted by atomic mass is 16.5. The molecule has 29 heavy (non-hydrogen) atoms. The fourth-order valence-electron chi connectivity index (χ4n) is 3.52. The van der Waals surface area contributed by atoms with Crippen LogP contribution in [-0.2, 0) is 17.9 Å². The van der Waals surface area contributed by atoms with Crippen LogP contribution in [-0.4, -0.2) is 35.8 Å². The van der Waals surface area contributed by atoms with Gasteiger partial charge in [-0.15, -0.1) is 0 Å². The van der Waals surface area contributed by atoms with Crippen molar-refractivity contribution in [3.8, 4) is 5.75 Å². The molecule has 1 amide bonds. The van der Waals surface area contributed by atoms with Gasteiger partial charge >= 0.3 is 0 Å². The van der Waals surface area contributed by atoms with Gasteiger partial charge in [-0.2, -0.15) is 0 Å². The van der Waals surface area contributed by atoms with Crippen molar-refractivity contribution in [2.75, 3.05) is 13.1 Å². The number of carbonyl (C=O) groups excluding carboxylic acids is 2. The third-order valence-electron chi connectivity index (χ3n) is 5.27. The van der Waals surface area contributed by atoms with Crippen LogP contribution in [0.3, 0.4) is 0 Å². The van der Waals surface area contributed by atoms with Gasteiger partial charge < -0.3 is 10.1 Å². The number of amides is 1. The SMILES string of the molecule is CC(=O)c1cccc(OC(C)C(=O)NCc2ccc(CN3CCCCC3)cc2)c1. The summed E-state index contributed by atoms with van der Waals surface area (Å²) >= 11 is 0. The van der Waals surface area contributed by atoms with E-state index in [0.29, 0.717) is 17.9 Å². The van der Waals surface area contributed by atoms with Crippen molar-refractivity contribution < 1.29 is 14.3 Å². The molecular weight excluding hydrogens is 364 g/mol. The van der Waals surface area contributed by atoms with Crippen LogP contribution < -0.4 is 10.1 Å². The van der Waals surface area contributed by atoms with E-state index in [1.807, 2.05) is 0 Å². The second kappa shape index (κ2) is 10.2. The highest BCUT2D eigenvalue weighted by Gasteiger charge is 2.15. The Morgan fingerprint density at radius 3 is 2.41 bits per heavy atom. The van der Waals surface area contributed by atoms with Gasteiger partial charge in [0.1, 0.15) is 5.75 Å². The van der Waals surface area contributed by atoms with E-state index < -0.39 is 6.10 Å². The number of hydrogen-bond acceptors (Lipinski definition) is 4. The number of rotatable bonds is 8. The normalized spacial score (nSPS) is 15.5. The van der Waals surface area contributed by atoms with Crippen molar-refractivity contribution in [2.24, 2.45) is 0 Å². The van der Waals surface area contributed by atoms with Crippen LogP contribution in [0.2, 0.25) is 0 Å². The minimum absolute atomic E-state index is 0.0312. The quantitative estimate of drug-likeness (QED) is 0.689. The van der Waals surface area contributed by atoms with Gasteiger partial charge in [0.15, 0.2) is 11.9 Å². The standard InChI is InChI=1S/C24H30N2O3/c1-18(27)22-7-6-8-23(15-22)29-19(2)24(28)25-16-20-9-11-21(12-10-20)17-26-13-4-3-5-14-26/h6-12,15,19H,3-5,13-14,16-17H2,1-2H3,(H,25,28). The largest absolute Gasteiger partial charge is 0.481 e. The fraction of sp³-hybridized carbons (Fsp3) is 0.417. The Morgan fingerprint density at radius 1 is 1.03 bits per heavy atom. The lowest BCUT2D eigenvalue weighted by Crippen LogP contribution is -2.35. The summed E-state index contributed by atoms with van der Waals surface area (Å²) in [5.41, 5.74) is 2.94. The molecule has 3 rings (SSSR count). The van der Waals surface area contributed by atoms with E-state index in [1.54, 1.807) is 31.2 Å². The molecule has 0 aromatic heterocycles. The lowest BCUT2D eigenvalue weighted by atomic mass is 10.1. The van der Waals surface area contributed by atoms with Gasteiger partial charge in [0, 0.05) is 18.7 Å². The number of hydrogen-bond donors (Lipinski definition) is 1. The molecule has 1 N–H and O–H groups in total. The maximum absolute atomic E-state index is 12.4. The number of Topliss-reactive ketones (excluding diaryl/α,β-unsaturated/α-hetero) is 1. The molecule has 1 aliphatic rings. The number of carbonyl (C=O) groups is 2. The zero-order valence-electron chi connectivity index (χ0n) is 17.3. The first kappa shape index (κ1) is 21.1. The summed E-state index contributed by atoms with van der Waals surface area (Å²) in [4.78, 5) is 26.3. The molecule has 1 heterocycles. The molecule has 2 aromatic rings.